The average Bonchev–Trinajstić information content (AvgIpc) is 3.79. The lowest BCUT2D eigenvalue weighted by Gasteiger charge is -2.29. The van der Waals surface area contributed by atoms with Crippen LogP contribution in [0.25, 0.3) is 11.0 Å². The van der Waals surface area contributed by atoms with E-state index in [0.717, 1.165) is 28.3 Å². The molecular formula is C27H26N8O5S2. The molecule has 0 bridgehead atoms. The van der Waals surface area contributed by atoms with Crippen molar-refractivity contribution in [3.05, 3.63) is 60.2 Å². The lowest BCUT2D eigenvalue weighted by molar-refractivity contribution is 0.0588. The van der Waals surface area contributed by atoms with Crippen LogP contribution in [-0.4, -0.2) is 76.9 Å². The molecule has 3 aromatic heterocycles. The number of rotatable bonds is 6. The Bertz CT molecular complexity index is 1820. The van der Waals surface area contributed by atoms with Crippen LogP contribution in [-0.2, 0) is 14.8 Å². The van der Waals surface area contributed by atoms with Gasteiger partial charge in [0.2, 0.25) is 5.13 Å². The Kier molecular flexibility index (Phi) is 7.03. The topological polar surface area (TPSA) is 163 Å². The van der Waals surface area contributed by atoms with Crippen molar-refractivity contribution in [2.45, 2.75) is 23.8 Å². The first-order chi connectivity index (χ1) is 20.2. The van der Waals surface area contributed by atoms with Gasteiger partial charge in [0.15, 0.2) is 5.65 Å². The summed E-state index contributed by atoms with van der Waals surface area (Å²) >= 11 is 0.912. The molecule has 1 aromatic carbocycles. The highest BCUT2D eigenvalue weighted by Gasteiger charge is 2.44. The van der Waals surface area contributed by atoms with Crippen LogP contribution < -0.4 is 10.2 Å². The minimum atomic E-state index is -3.88. The number of nitriles is 1. The second-order valence-corrected chi connectivity index (χ2v) is 12.9. The van der Waals surface area contributed by atoms with E-state index in [1.165, 1.54) is 31.6 Å². The van der Waals surface area contributed by atoms with Crippen LogP contribution in [0, 0.1) is 23.2 Å². The van der Waals surface area contributed by atoms with Gasteiger partial charge in [-0.25, -0.2) is 27.0 Å². The smallest absolute Gasteiger partial charge is 0.377 e. The predicted octanol–water partition coefficient (Wildman–Crippen LogP) is 3.16. The molecule has 4 aromatic rings. The molecule has 1 N–H and O–H groups in total. The third-order valence-corrected chi connectivity index (χ3v) is 10.3. The van der Waals surface area contributed by atoms with E-state index in [0.29, 0.717) is 29.7 Å². The van der Waals surface area contributed by atoms with Gasteiger partial charge in [0, 0.05) is 55.5 Å². The molecule has 0 unspecified atom stereocenters. The van der Waals surface area contributed by atoms with Crippen molar-refractivity contribution < 1.29 is 22.7 Å². The summed E-state index contributed by atoms with van der Waals surface area (Å²) in [6, 6.07) is 11.8. The molecule has 2 aliphatic rings. The van der Waals surface area contributed by atoms with Gasteiger partial charge in [0.1, 0.15) is 6.07 Å². The number of nitrogens with one attached hydrogen (secondary N) is 1. The number of likely N-dealkylation sites (tertiary alicyclic amines) is 1. The largest absolute Gasteiger partial charge is 0.463 e. The number of aromatic nitrogens is 4. The van der Waals surface area contributed by atoms with Gasteiger partial charge in [0.05, 0.1) is 23.3 Å². The molecule has 15 heteroatoms. The van der Waals surface area contributed by atoms with E-state index in [4.69, 9.17) is 0 Å². The Morgan fingerprint density at radius 1 is 1.17 bits per heavy atom. The molecule has 3 atom stereocenters. The van der Waals surface area contributed by atoms with Crippen LogP contribution in [0.1, 0.15) is 29.0 Å². The second-order valence-electron chi connectivity index (χ2n) is 10.3. The molecule has 1 aliphatic heterocycles. The van der Waals surface area contributed by atoms with Crippen molar-refractivity contribution in [1.82, 2.24) is 23.2 Å². The number of hydrogen-bond acceptors (Lipinski definition) is 11. The maximum Gasteiger partial charge on any atom is 0.377 e. The molecule has 6 rings (SSSR count). The number of fused-ring (bicyclic) bond motifs is 2. The number of nitrogens with zero attached hydrogens (tertiary/aromatic N) is 7. The van der Waals surface area contributed by atoms with Crippen LogP contribution in [0.5, 0.6) is 0 Å². The SMILES string of the molecule is COC(=O)c1nsc(NC(=O)N2C[C@H]3C[C@H](N(C)c4c(C#N)cnc5c4ccn5S(=O)(=O)c4ccccc4)C[C@H]3C2)n1. The Hall–Kier alpha value is -4.55. The second kappa shape index (κ2) is 10.7. The van der Waals surface area contributed by atoms with Crippen molar-refractivity contribution in [3.8, 4) is 6.07 Å². The van der Waals surface area contributed by atoms with Crippen molar-refractivity contribution in [2.24, 2.45) is 11.8 Å². The third kappa shape index (κ3) is 4.72. The quantitative estimate of drug-likeness (QED) is 0.323. The van der Waals surface area contributed by atoms with Crippen LogP contribution in [0.4, 0.5) is 15.6 Å². The van der Waals surface area contributed by atoms with E-state index in [1.807, 2.05) is 7.05 Å². The van der Waals surface area contributed by atoms with Gasteiger partial charge in [0.25, 0.3) is 15.8 Å². The number of pyridine rings is 1. The maximum atomic E-state index is 13.4. The number of carbonyl (C=O) groups excluding carboxylic acids is 2. The third-order valence-electron chi connectivity index (χ3n) is 7.99. The summed E-state index contributed by atoms with van der Waals surface area (Å²) in [5.74, 6) is -0.252. The number of ether oxygens (including phenoxy) is 1. The standard InChI is InChI=1S/C27H26N8O5S2/c1-33(19-10-16-14-34(15-17(16)11-19)27(37)31-26-30-23(32-41-26)25(36)40-2)22-18(12-28)13-29-24-21(22)8-9-35(24)42(38,39)20-6-4-3-5-7-20/h3-9,13,16-17,19H,10-11,14-15H2,1-2H3,(H,30,31,32,37)/t16-,17+,19+. The monoisotopic (exact) mass is 606 g/mol. The minimum Gasteiger partial charge on any atom is -0.463 e. The fraction of sp³-hybridized carbons (Fsp3) is 0.333. The Balaban J connectivity index is 1.18. The highest BCUT2D eigenvalue weighted by molar-refractivity contribution is 7.90. The minimum absolute atomic E-state index is 0.0859. The Labute approximate surface area is 245 Å². The Morgan fingerprint density at radius 3 is 2.55 bits per heavy atom. The highest BCUT2D eigenvalue weighted by atomic mass is 32.2. The molecule has 4 heterocycles. The van der Waals surface area contributed by atoms with Gasteiger partial charge in [-0.1, -0.05) is 18.2 Å². The fourth-order valence-corrected chi connectivity index (χ4v) is 7.83. The van der Waals surface area contributed by atoms with E-state index in [2.05, 4.69) is 35.4 Å². The predicted molar refractivity (Wildman–Crippen MR) is 154 cm³/mol. The van der Waals surface area contributed by atoms with Crippen LogP contribution in [0.2, 0.25) is 0 Å². The molecule has 216 valence electrons. The first kappa shape index (κ1) is 27.6. The number of hydrogen-bond donors (Lipinski definition) is 1. The van der Waals surface area contributed by atoms with Crippen molar-refractivity contribution >= 4 is 55.4 Å². The maximum absolute atomic E-state index is 13.4. The molecule has 2 fully saturated rings. The summed E-state index contributed by atoms with van der Waals surface area (Å²) in [5.41, 5.74) is 1.26. The zero-order valence-electron chi connectivity index (χ0n) is 22.7. The van der Waals surface area contributed by atoms with E-state index < -0.39 is 16.0 Å². The molecule has 13 nitrogen and oxygen atoms in total. The first-order valence-electron chi connectivity index (χ1n) is 13.1. The molecule has 2 amide bonds. The lowest BCUT2D eigenvalue weighted by atomic mass is 10.0. The van der Waals surface area contributed by atoms with Crippen molar-refractivity contribution in [2.75, 3.05) is 37.5 Å². The molecule has 42 heavy (non-hydrogen) atoms. The van der Waals surface area contributed by atoms with Gasteiger partial charge in [-0.2, -0.15) is 14.6 Å². The van der Waals surface area contributed by atoms with Gasteiger partial charge in [-0.05, 0) is 42.9 Å². The summed E-state index contributed by atoms with van der Waals surface area (Å²) in [6.45, 7) is 1.12. The molecule has 0 spiro atoms. The molecule has 1 saturated heterocycles. The first-order valence-corrected chi connectivity index (χ1v) is 15.3. The lowest BCUT2D eigenvalue weighted by Crippen LogP contribution is -2.36. The van der Waals surface area contributed by atoms with Gasteiger partial charge in [-0.15, -0.1) is 0 Å². The number of methoxy groups -OCH3 is 1. The van der Waals surface area contributed by atoms with Crippen molar-refractivity contribution in [3.63, 3.8) is 0 Å². The molecule has 1 saturated carbocycles. The molecule has 0 radical (unpaired) electrons. The van der Waals surface area contributed by atoms with Gasteiger partial charge in [-0.3, -0.25) is 5.32 Å². The number of amides is 2. The number of benzene rings is 1. The van der Waals surface area contributed by atoms with E-state index in [9.17, 15) is 23.3 Å². The van der Waals surface area contributed by atoms with Crippen LogP contribution in [0.3, 0.4) is 0 Å². The fourth-order valence-electron chi connectivity index (χ4n) is 5.96. The summed E-state index contributed by atoms with van der Waals surface area (Å²) in [6.07, 6.45) is 4.50. The van der Waals surface area contributed by atoms with E-state index in [1.54, 1.807) is 29.2 Å². The van der Waals surface area contributed by atoms with Crippen molar-refractivity contribution in [1.29, 1.82) is 5.26 Å². The zero-order chi connectivity index (χ0) is 29.6. The number of urea groups is 1. The summed E-state index contributed by atoms with van der Waals surface area (Å²) < 4.78 is 36.4. The average molecular weight is 607 g/mol. The number of anilines is 2. The summed E-state index contributed by atoms with van der Waals surface area (Å²) in [7, 11) is -0.722. The van der Waals surface area contributed by atoms with E-state index in [-0.39, 0.29) is 45.4 Å². The number of carbonyl (C=O) groups is 2. The summed E-state index contributed by atoms with van der Waals surface area (Å²) in [5, 5.41) is 13.4. The van der Waals surface area contributed by atoms with E-state index >= 15 is 0 Å². The zero-order valence-corrected chi connectivity index (χ0v) is 24.3. The molecule has 1 aliphatic carbocycles. The normalized spacial score (nSPS) is 19.8. The van der Waals surface area contributed by atoms with Gasteiger partial charge >= 0.3 is 12.0 Å². The van der Waals surface area contributed by atoms with Gasteiger partial charge < -0.3 is 14.5 Å². The molecular weight excluding hydrogens is 580 g/mol. The Morgan fingerprint density at radius 2 is 1.88 bits per heavy atom. The highest BCUT2D eigenvalue weighted by Crippen LogP contribution is 2.43. The van der Waals surface area contributed by atoms with Crippen LogP contribution >= 0.6 is 11.5 Å². The number of esters is 1. The van der Waals surface area contributed by atoms with Crippen LogP contribution in [0.15, 0.2) is 53.7 Å². The summed E-state index contributed by atoms with van der Waals surface area (Å²) in [4.78, 5) is 36.8.